The number of carbonyl (C=O) groups is 1. The number of hydrogen-bond acceptors (Lipinski definition) is 7. The van der Waals surface area contributed by atoms with Crippen LogP contribution in [0.3, 0.4) is 0 Å². The van der Waals surface area contributed by atoms with Crippen molar-refractivity contribution in [3.8, 4) is 11.3 Å². The van der Waals surface area contributed by atoms with Crippen molar-refractivity contribution >= 4 is 34.3 Å². The second kappa shape index (κ2) is 8.23. The van der Waals surface area contributed by atoms with Crippen LogP contribution in [0.5, 0.6) is 0 Å². The van der Waals surface area contributed by atoms with E-state index in [-0.39, 0.29) is 11.9 Å². The van der Waals surface area contributed by atoms with Crippen LogP contribution >= 0.6 is 11.3 Å². The van der Waals surface area contributed by atoms with Crippen LogP contribution in [0.1, 0.15) is 33.1 Å². The highest BCUT2D eigenvalue weighted by Gasteiger charge is 2.26. The van der Waals surface area contributed by atoms with Gasteiger partial charge in [0.1, 0.15) is 11.8 Å². The van der Waals surface area contributed by atoms with E-state index >= 15 is 0 Å². The third-order valence-corrected chi connectivity index (χ3v) is 6.82. The highest BCUT2D eigenvalue weighted by Crippen LogP contribution is 2.35. The molecule has 9 heteroatoms. The van der Waals surface area contributed by atoms with Crippen molar-refractivity contribution in [2.45, 2.75) is 32.7 Å². The first-order valence-electron chi connectivity index (χ1n) is 10.7. The molecule has 0 radical (unpaired) electrons. The Morgan fingerprint density at radius 3 is 2.88 bits per heavy atom. The number of anilines is 2. The SMILES string of the molecule is Cc1cc(-c2cc(N3CCC[C@@H](NC(=O)c4ccc(C)s4)C3)c3c(N)ncnn23)ccn1. The van der Waals surface area contributed by atoms with Crippen LogP contribution in [0, 0.1) is 13.8 Å². The topological polar surface area (TPSA) is 101 Å². The van der Waals surface area contributed by atoms with Gasteiger partial charge in [-0.05, 0) is 57.0 Å². The Kier molecular flexibility index (Phi) is 5.26. The van der Waals surface area contributed by atoms with Gasteiger partial charge in [0.05, 0.1) is 16.3 Å². The monoisotopic (exact) mass is 447 g/mol. The van der Waals surface area contributed by atoms with E-state index in [2.05, 4.69) is 31.3 Å². The van der Waals surface area contributed by atoms with Crippen LogP contribution in [0.4, 0.5) is 11.5 Å². The molecule has 0 saturated carbocycles. The number of pyridine rings is 1. The van der Waals surface area contributed by atoms with Gasteiger partial charge >= 0.3 is 0 Å². The molecule has 0 bridgehead atoms. The van der Waals surface area contributed by atoms with Crippen LogP contribution < -0.4 is 16.0 Å². The minimum Gasteiger partial charge on any atom is -0.382 e. The molecule has 5 heterocycles. The molecule has 0 aliphatic carbocycles. The summed E-state index contributed by atoms with van der Waals surface area (Å²) in [6, 6.07) is 10.0. The van der Waals surface area contributed by atoms with Gasteiger partial charge in [0.25, 0.3) is 5.91 Å². The zero-order chi connectivity index (χ0) is 22.2. The summed E-state index contributed by atoms with van der Waals surface area (Å²) in [6.45, 7) is 5.57. The van der Waals surface area contributed by atoms with Gasteiger partial charge in [0.15, 0.2) is 5.82 Å². The Morgan fingerprint density at radius 2 is 2.09 bits per heavy atom. The molecule has 3 N–H and O–H groups in total. The molecule has 4 aromatic heterocycles. The number of amides is 1. The van der Waals surface area contributed by atoms with E-state index < -0.39 is 0 Å². The summed E-state index contributed by atoms with van der Waals surface area (Å²) in [6.07, 6.45) is 5.20. The molecule has 1 saturated heterocycles. The van der Waals surface area contributed by atoms with Crippen molar-refractivity contribution in [1.82, 2.24) is 24.9 Å². The third-order valence-electron chi connectivity index (χ3n) is 5.82. The van der Waals surface area contributed by atoms with Crippen molar-refractivity contribution in [2.24, 2.45) is 0 Å². The average Bonchev–Trinajstić information content (AvgIpc) is 3.39. The number of nitrogens with one attached hydrogen (secondary N) is 1. The first kappa shape index (κ1) is 20.4. The maximum atomic E-state index is 12.7. The molecular formula is C23H25N7OS. The number of fused-ring (bicyclic) bond motifs is 1. The molecule has 1 amide bonds. The van der Waals surface area contributed by atoms with Crippen molar-refractivity contribution in [1.29, 1.82) is 0 Å². The smallest absolute Gasteiger partial charge is 0.261 e. The molecule has 1 aliphatic heterocycles. The summed E-state index contributed by atoms with van der Waals surface area (Å²) in [4.78, 5) is 25.4. The Bertz CT molecular complexity index is 1290. The number of aryl methyl sites for hydroxylation is 2. The summed E-state index contributed by atoms with van der Waals surface area (Å²) >= 11 is 1.52. The molecule has 164 valence electrons. The quantitative estimate of drug-likeness (QED) is 0.497. The Balaban J connectivity index is 1.47. The van der Waals surface area contributed by atoms with Gasteiger partial charge < -0.3 is 16.0 Å². The number of aromatic nitrogens is 4. The summed E-state index contributed by atoms with van der Waals surface area (Å²) in [7, 11) is 0. The van der Waals surface area contributed by atoms with Crippen LogP contribution in [0.25, 0.3) is 16.8 Å². The Hall–Kier alpha value is -3.46. The second-order valence-electron chi connectivity index (χ2n) is 8.18. The number of hydrogen-bond donors (Lipinski definition) is 2. The minimum atomic E-state index is -0.00696. The van der Waals surface area contributed by atoms with E-state index in [1.807, 2.05) is 42.6 Å². The molecule has 32 heavy (non-hydrogen) atoms. The average molecular weight is 448 g/mol. The van der Waals surface area contributed by atoms with Gasteiger partial charge in [-0.1, -0.05) is 0 Å². The number of piperidine rings is 1. The molecule has 4 aromatic rings. The molecular weight excluding hydrogens is 422 g/mol. The normalized spacial score (nSPS) is 16.4. The van der Waals surface area contributed by atoms with Gasteiger partial charge in [0, 0.05) is 41.5 Å². The van der Waals surface area contributed by atoms with E-state index in [1.54, 1.807) is 6.20 Å². The second-order valence-corrected chi connectivity index (χ2v) is 9.46. The van der Waals surface area contributed by atoms with Crippen molar-refractivity contribution in [3.05, 3.63) is 58.3 Å². The maximum absolute atomic E-state index is 12.7. The number of nitrogen functional groups attached to an aromatic ring is 1. The predicted octanol–water partition coefficient (Wildman–Crippen LogP) is 3.45. The van der Waals surface area contributed by atoms with E-state index in [9.17, 15) is 4.79 Å². The summed E-state index contributed by atoms with van der Waals surface area (Å²) in [5, 5.41) is 7.69. The van der Waals surface area contributed by atoms with E-state index in [0.717, 1.165) is 57.3 Å². The molecule has 1 fully saturated rings. The van der Waals surface area contributed by atoms with Gasteiger partial charge in [0.2, 0.25) is 0 Å². The van der Waals surface area contributed by atoms with Crippen molar-refractivity contribution in [3.63, 3.8) is 0 Å². The molecule has 1 aliphatic rings. The lowest BCUT2D eigenvalue weighted by Gasteiger charge is -2.34. The lowest BCUT2D eigenvalue weighted by atomic mass is 10.0. The fraction of sp³-hybridized carbons (Fsp3) is 0.304. The van der Waals surface area contributed by atoms with Crippen LogP contribution in [-0.4, -0.2) is 44.6 Å². The van der Waals surface area contributed by atoms with Gasteiger partial charge in [-0.3, -0.25) is 9.78 Å². The Morgan fingerprint density at radius 1 is 1.22 bits per heavy atom. The third kappa shape index (κ3) is 3.80. The summed E-state index contributed by atoms with van der Waals surface area (Å²) in [5.41, 5.74) is 11.0. The molecule has 0 aromatic carbocycles. The van der Waals surface area contributed by atoms with Gasteiger partial charge in [-0.2, -0.15) is 5.10 Å². The van der Waals surface area contributed by atoms with E-state index in [1.165, 1.54) is 17.7 Å². The van der Waals surface area contributed by atoms with E-state index in [4.69, 9.17) is 5.73 Å². The lowest BCUT2D eigenvalue weighted by molar-refractivity contribution is 0.0937. The molecule has 5 rings (SSSR count). The van der Waals surface area contributed by atoms with E-state index in [0.29, 0.717) is 12.4 Å². The van der Waals surface area contributed by atoms with Crippen LogP contribution in [0.2, 0.25) is 0 Å². The largest absolute Gasteiger partial charge is 0.382 e. The Labute approximate surface area is 190 Å². The van der Waals surface area contributed by atoms with Crippen molar-refractivity contribution < 1.29 is 4.79 Å². The minimum absolute atomic E-state index is 0.00696. The predicted molar refractivity (Wildman–Crippen MR) is 127 cm³/mol. The fourth-order valence-corrected chi connectivity index (χ4v) is 5.10. The van der Waals surface area contributed by atoms with Crippen LogP contribution in [0.15, 0.2) is 42.9 Å². The van der Waals surface area contributed by atoms with Gasteiger partial charge in [-0.15, -0.1) is 11.3 Å². The number of nitrogens with two attached hydrogens (primary N) is 1. The van der Waals surface area contributed by atoms with Crippen LogP contribution in [-0.2, 0) is 0 Å². The molecule has 0 spiro atoms. The highest BCUT2D eigenvalue weighted by atomic mass is 32.1. The zero-order valence-corrected chi connectivity index (χ0v) is 18.9. The van der Waals surface area contributed by atoms with Crippen molar-refractivity contribution in [2.75, 3.05) is 23.7 Å². The zero-order valence-electron chi connectivity index (χ0n) is 18.1. The molecule has 1 atom stereocenters. The first-order valence-corrected chi connectivity index (χ1v) is 11.5. The number of carbonyl (C=O) groups excluding carboxylic acids is 1. The fourth-order valence-electron chi connectivity index (χ4n) is 4.33. The number of nitrogens with zero attached hydrogens (tertiary/aromatic N) is 5. The standard InChI is InChI=1S/C23H25N7OS/c1-14-10-16(7-8-25-14)18-11-19(21-22(24)26-13-27-30(18)21)29-9-3-4-17(12-29)28-23(31)20-6-5-15(2)32-20/h5-8,10-11,13,17H,3-4,9,12H2,1-2H3,(H,28,31)(H2,24,26,27)/t17-/m1/s1. The maximum Gasteiger partial charge on any atom is 0.261 e. The number of rotatable bonds is 4. The first-order chi connectivity index (χ1) is 15.5. The lowest BCUT2D eigenvalue weighted by Crippen LogP contribution is -2.47. The molecule has 0 unspecified atom stereocenters. The van der Waals surface area contributed by atoms with Gasteiger partial charge in [-0.25, -0.2) is 9.50 Å². The highest BCUT2D eigenvalue weighted by molar-refractivity contribution is 7.13. The summed E-state index contributed by atoms with van der Waals surface area (Å²) < 4.78 is 1.85. The number of thiophene rings is 1. The summed E-state index contributed by atoms with van der Waals surface area (Å²) in [5.74, 6) is 0.430. The molecule has 8 nitrogen and oxygen atoms in total.